The minimum atomic E-state index is -0.734. The van der Waals surface area contributed by atoms with Crippen LogP contribution < -0.4 is 0 Å². The highest BCUT2D eigenvalue weighted by Gasteiger charge is 2.72. The van der Waals surface area contributed by atoms with Crippen molar-refractivity contribution in [3.05, 3.63) is 0 Å². The number of aliphatic hydroxyl groups is 1. The lowest BCUT2D eigenvalue weighted by molar-refractivity contribution is -0.154. The molecule has 2 saturated carbocycles. The lowest BCUT2D eigenvalue weighted by Gasteiger charge is -2.38. The third-order valence-corrected chi connectivity index (χ3v) is 5.38. The summed E-state index contributed by atoms with van der Waals surface area (Å²) in [4.78, 5) is 11.4. The lowest BCUT2D eigenvalue weighted by Crippen LogP contribution is -2.40. The molecule has 0 aromatic rings. The number of fused-ring (bicyclic) bond motifs is 2. The molecular formula is C11H18O3. The van der Waals surface area contributed by atoms with Crippen molar-refractivity contribution >= 4 is 5.97 Å². The quantitative estimate of drug-likeness (QED) is 0.673. The molecule has 0 aliphatic heterocycles. The van der Waals surface area contributed by atoms with Crippen molar-refractivity contribution in [2.24, 2.45) is 16.2 Å². The van der Waals surface area contributed by atoms with E-state index in [2.05, 4.69) is 0 Å². The molecule has 3 atom stereocenters. The van der Waals surface area contributed by atoms with E-state index in [-0.39, 0.29) is 10.8 Å². The predicted molar refractivity (Wildman–Crippen MR) is 51.8 cm³/mol. The molecule has 0 unspecified atom stereocenters. The number of carboxylic acids is 1. The third-order valence-electron chi connectivity index (χ3n) is 5.38. The van der Waals surface area contributed by atoms with Gasteiger partial charge >= 0.3 is 5.97 Å². The Morgan fingerprint density at radius 2 is 1.86 bits per heavy atom. The zero-order valence-corrected chi connectivity index (χ0v) is 9.00. The summed E-state index contributed by atoms with van der Waals surface area (Å²) in [6.07, 6.45) is 1.50. The second kappa shape index (κ2) is 2.32. The van der Waals surface area contributed by atoms with Gasteiger partial charge in [0.05, 0.1) is 11.5 Å². The van der Waals surface area contributed by atoms with Crippen LogP contribution in [0.1, 0.15) is 40.0 Å². The van der Waals surface area contributed by atoms with Crippen molar-refractivity contribution in [3.8, 4) is 0 Å². The second-order valence-corrected chi connectivity index (χ2v) is 5.65. The van der Waals surface area contributed by atoms with E-state index >= 15 is 0 Å². The molecule has 0 saturated heterocycles. The Balaban J connectivity index is 2.54. The number of carbonyl (C=O) groups is 1. The number of aliphatic hydroxyl groups excluding tert-OH is 1. The number of rotatable bonds is 1. The van der Waals surface area contributed by atoms with Crippen LogP contribution in [-0.4, -0.2) is 22.3 Å². The zero-order chi connectivity index (χ0) is 10.8. The molecule has 0 aromatic carbocycles. The summed E-state index contributed by atoms with van der Waals surface area (Å²) >= 11 is 0. The van der Waals surface area contributed by atoms with Crippen LogP contribution in [0.2, 0.25) is 0 Å². The van der Waals surface area contributed by atoms with Gasteiger partial charge in [-0.05, 0) is 30.1 Å². The molecule has 0 heterocycles. The summed E-state index contributed by atoms with van der Waals surface area (Å²) < 4.78 is 0. The van der Waals surface area contributed by atoms with Gasteiger partial charge in [-0.25, -0.2) is 0 Å². The van der Waals surface area contributed by atoms with Crippen LogP contribution in [0.3, 0.4) is 0 Å². The van der Waals surface area contributed by atoms with Gasteiger partial charge in [0.1, 0.15) is 0 Å². The van der Waals surface area contributed by atoms with Gasteiger partial charge < -0.3 is 10.2 Å². The maximum atomic E-state index is 11.4. The van der Waals surface area contributed by atoms with Gasteiger partial charge in [-0.2, -0.15) is 0 Å². The molecule has 14 heavy (non-hydrogen) atoms. The van der Waals surface area contributed by atoms with Crippen LogP contribution in [0, 0.1) is 16.2 Å². The number of hydrogen-bond donors (Lipinski definition) is 2. The number of carboxylic acid groups (broad SMARTS) is 1. The van der Waals surface area contributed by atoms with E-state index in [1.54, 1.807) is 0 Å². The van der Waals surface area contributed by atoms with Crippen molar-refractivity contribution in [2.75, 3.05) is 0 Å². The maximum absolute atomic E-state index is 11.4. The molecule has 2 N–H and O–H groups in total. The average Bonchev–Trinajstić information content (AvgIpc) is 2.34. The zero-order valence-electron chi connectivity index (χ0n) is 9.00. The van der Waals surface area contributed by atoms with Crippen LogP contribution in [0.15, 0.2) is 0 Å². The van der Waals surface area contributed by atoms with Crippen molar-refractivity contribution in [2.45, 2.75) is 46.1 Å². The Morgan fingerprint density at radius 3 is 2.07 bits per heavy atom. The topological polar surface area (TPSA) is 57.5 Å². The molecular weight excluding hydrogens is 180 g/mol. The lowest BCUT2D eigenvalue weighted by atomic mass is 9.65. The van der Waals surface area contributed by atoms with E-state index in [1.807, 2.05) is 20.8 Å². The van der Waals surface area contributed by atoms with Crippen LogP contribution in [0.5, 0.6) is 0 Å². The first kappa shape index (κ1) is 9.97. The van der Waals surface area contributed by atoms with E-state index in [0.717, 1.165) is 6.42 Å². The maximum Gasteiger partial charge on any atom is 0.310 e. The molecule has 2 aliphatic carbocycles. The van der Waals surface area contributed by atoms with Crippen LogP contribution in [-0.2, 0) is 4.79 Å². The summed E-state index contributed by atoms with van der Waals surface area (Å²) in [5, 5.41) is 19.3. The van der Waals surface area contributed by atoms with E-state index in [9.17, 15) is 15.0 Å². The molecule has 2 fully saturated rings. The van der Waals surface area contributed by atoms with Crippen LogP contribution >= 0.6 is 0 Å². The van der Waals surface area contributed by atoms with Crippen LogP contribution in [0.4, 0.5) is 0 Å². The number of aliphatic carboxylic acids is 1. The van der Waals surface area contributed by atoms with Gasteiger partial charge in [-0.15, -0.1) is 0 Å². The standard InChI is InChI=1S/C11H18O3/c1-9(2)10(3)4-5-11(9,8(13)14)6-7(10)12/h7,12H,4-6H2,1-3H3,(H,13,14)/t7-,10-,11+/m1/s1. The molecule has 3 nitrogen and oxygen atoms in total. The fourth-order valence-corrected chi connectivity index (χ4v) is 3.60. The highest BCUT2D eigenvalue weighted by molar-refractivity contribution is 5.77. The van der Waals surface area contributed by atoms with Crippen molar-refractivity contribution in [1.29, 1.82) is 0 Å². The summed E-state index contributed by atoms with van der Waals surface area (Å²) in [6.45, 7) is 6.00. The Bertz CT molecular complexity index is 297. The fourth-order valence-electron chi connectivity index (χ4n) is 3.60. The first-order valence-corrected chi connectivity index (χ1v) is 5.19. The summed E-state index contributed by atoms with van der Waals surface area (Å²) in [7, 11) is 0. The number of hydrogen-bond acceptors (Lipinski definition) is 2. The normalized spacial score (nSPS) is 49.6. The third kappa shape index (κ3) is 0.724. The molecule has 2 bridgehead atoms. The highest BCUT2D eigenvalue weighted by Crippen LogP contribution is 2.72. The van der Waals surface area contributed by atoms with Gasteiger partial charge in [0.15, 0.2) is 0 Å². The largest absolute Gasteiger partial charge is 0.481 e. The minimum Gasteiger partial charge on any atom is -0.481 e. The molecule has 2 rings (SSSR count). The first-order valence-electron chi connectivity index (χ1n) is 5.19. The van der Waals surface area contributed by atoms with Crippen molar-refractivity contribution < 1.29 is 15.0 Å². The second-order valence-electron chi connectivity index (χ2n) is 5.65. The first-order chi connectivity index (χ1) is 6.28. The van der Waals surface area contributed by atoms with Gasteiger partial charge in [0, 0.05) is 0 Å². The van der Waals surface area contributed by atoms with Gasteiger partial charge in [-0.3, -0.25) is 4.79 Å². The van der Waals surface area contributed by atoms with Gasteiger partial charge in [0.25, 0.3) is 0 Å². The smallest absolute Gasteiger partial charge is 0.310 e. The molecule has 80 valence electrons. The van der Waals surface area contributed by atoms with E-state index < -0.39 is 17.5 Å². The summed E-state index contributed by atoms with van der Waals surface area (Å²) in [6, 6.07) is 0. The molecule has 0 amide bonds. The minimum absolute atomic E-state index is 0.217. The molecule has 0 radical (unpaired) electrons. The monoisotopic (exact) mass is 198 g/mol. The van der Waals surface area contributed by atoms with E-state index in [1.165, 1.54) is 0 Å². The van der Waals surface area contributed by atoms with Crippen LogP contribution in [0.25, 0.3) is 0 Å². The molecule has 3 heteroatoms. The Hall–Kier alpha value is -0.570. The van der Waals surface area contributed by atoms with Crippen molar-refractivity contribution in [3.63, 3.8) is 0 Å². The molecule has 0 aromatic heterocycles. The predicted octanol–water partition coefficient (Wildman–Crippen LogP) is 1.65. The van der Waals surface area contributed by atoms with Gasteiger partial charge in [0.2, 0.25) is 0 Å². The van der Waals surface area contributed by atoms with E-state index in [4.69, 9.17) is 0 Å². The Labute approximate surface area is 84.1 Å². The summed E-state index contributed by atoms with van der Waals surface area (Å²) in [5.74, 6) is -0.734. The SMILES string of the molecule is CC1(C)[C@@]2(C(=O)O)CC[C@]1(C)[C@H](O)C2. The Kier molecular flexibility index (Phi) is 1.65. The summed E-state index contributed by atoms with van der Waals surface area (Å²) in [5.41, 5.74) is -1.21. The highest BCUT2D eigenvalue weighted by atomic mass is 16.4. The molecule has 0 spiro atoms. The van der Waals surface area contributed by atoms with Gasteiger partial charge in [-0.1, -0.05) is 20.8 Å². The van der Waals surface area contributed by atoms with Crippen molar-refractivity contribution in [1.82, 2.24) is 0 Å². The van der Waals surface area contributed by atoms with E-state index in [0.29, 0.717) is 12.8 Å². The fraction of sp³-hybridized carbons (Fsp3) is 0.909. The molecule has 2 aliphatic rings. The Morgan fingerprint density at radius 1 is 1.29 bits per heavy atom. The average molecular weight is 198 g/mol.